The Balaban J connectivity index is 1.19. The largest absolute Gasteiger partial charge is 0.508 e. The first-order valence-electron chi connectivity index (χ1n) is 14.7. The van der Waals surface area contributed by atoms with E-state index in [0.717, 1.165) is 24.8 Å². The molecule has 1 aromatic carbocycles. The van der Waals surface area contributed by atoms with E-state index in [1.807, 2.05) is 13.8 Å². The highest BCUT2D eigenvalue weighted by molar-refractivity contribution is 5.86. The summed E-state index contributed by atoms with van der Waals surface area (Å²) < 4.78 is 23.5. The number of phenolic OH excluding ortho intramolecular Hbond substituents is 1. The van der Waals surface area contributed by atoms with Crippen molar-refractivity contribution in [2.75, 3.05) is 6.61 Å². The number of phenols is 1. The van der Waals surface area contributed by atoms with Gasteiger partial charge in [-0.25, -0.2) is 14.6 Å². The molecule has 2 bridgehead atoms. The predicted molar refractivity (Wildman–Crippen MR) is 143 cm³/mol. The van der Waals surface area contributed by atoms with E-state index in [4.69, 9.17) is 28.7 Å². The van der Waals surface area contributed by atoms with E-state index in [1.165, 1.54) is 12.1 Å². The molecule has 1 spiro atoms. The normalized spacial score (nSPS) is 36.4. The number of rotatable bonds is 9. The van der Waals surface area contributed by atoms with E-state index >= 15 is 0 Å². The van der Waals surface area contributed by atoms with Crippen LogP contribution in [-0.4, -0.2) is 59.6 Å². The second-order valence-corrected chi connectivity index (χ2v) is 12.0. The minimum Gasteiger partial charge on any atom is -0.508 e. The predicted octanol–water partition coefficient (Wildman–Crippen LogP) is 3.51. The number of fused-ring (bicyclic) bond motifs is 2. The molecule has 9 atom stereocenters. The summed E-state index contributed by atoms with van der Waals surface area (Å²) in [7, 11) is 0. The summed E-state index contributed by atoms with van der Waals surface area (Å²) in [6.07, 6.45) is 1.72. The third kappa shape index (κ3) is 5.95. The van der Waals surface area contributed by atoms with E-state index in [1.54, 1.807) is 19.1 Å². The summed E-state index contributed by atoms with van der Waals surface area (Å²) in [5.74, 6) is -2.02. The number of carbonyl (C=O) groups excluding carboxylic acids is 3. The van der Waals surface area contributed by atoms with E-state index in [2.05, 4.69) is 12.2 Å². The van der Waals surface area contributed by atoms with Crippen molar-refractivity contribution in [2.45, 2.75) is 103 Å². The maximum Gasteiger partial charge on any atom is 0.328 e. The molecule has 0 aromatic heterocycles. The number of ether oxygens (including phenoxy) is 4. The second kappa shape index (κ2) is 11.9. The number of benzene rings is 1. The molecule has 1 aliphatic carbocycles. The van der Waals surface area contributed by atoms with Gasteiger partial charge in [0.2, 0.25) is 18.0 Å². The first kappa shape index (κ1) is 29.8. The van der Waals surface area contributed by atoms with Crippen LogP contribution >= 0.6 is 0 Å². The van der Waals surface area contributed by atoms with Gasteiger partial charge in [0, 0.05) is 31.1 Å². The molecule has 4 saturated heterocycles. The van der Waals surface area contributed by atoms with Crippen LogP contribution in [0, 0.1) is 23.7 Å². The van der Waals surface area contributed by atoms with Gasteiger partial charge in [-0.2, -0.15) is 0 Å². The van der Waals surface area contributed by atoms with Gasteiger partial charge in [0.25, 0.3) is 0 Å². The Hall–Kier alpha value is -2.73. The van der Waals surface area contributed by atoms with Crippen LogP contribution in [0.5, 0.6) is 5.75 Å². The molecular weight excluding hydrogens is 534 g/mol. The minimum atomic E-state index is -0.936. The van der Waals surface area contributed by atoms with Crippen molar-refractivity contribution in [3.05, 3.63) is 29.8 Å². The van der Waals surface area contributed by atoms with E-state index in [-0.39, 0.29) is 49.4 Å². The molecule has 1 amide bonds. The van der Waals surface area contributed by atoms with Crippen molar-refractivity contribution in [1.29, 1.82) is 0 Å². The number of amides is 1. The Morgan fingerprint density at radius 1 is 1.07 bits per heavy atom. The van der Waals surface area contributed by atoms with Crippen molar-refractivity contribution in [2.24, 2.45) is 23.7 Å². The summed E-state index contributed by atoms with van der Waals surface area (Å²) in [6, 6.07) is 5.40. The van der Waals surface area contributed by atoms with Crippen molar-refractivity contribution in [1.82, 2.24) is 5.32 Å². The highest BCUT2D eigenvalue weighted by atomic mass is 17.3. The molecule has 4 aliphatic heterocycles. The van der Waals surface area contributed by atoms with Crippen molar-refractivity contribution < 1.29 is 48.2 Å². The lowest BCUT2D eigenvalue weighted by molar-refractivity contribution is -0.576. The highest BCUT2D eigenvalue weighted by Gasteiger charge is 2.69. The number of aromatic hydroxyl groups is 1. The van der Waals surface area contributed by atoms with Crippen molar-refractivity contribution in [3.8, 4) is 5.75 Å². The number of hydrogen-bond donors (Lipinski definition) is 2. The molecule has 0 radical (unpaired) electrons. The third-order valence-electron chi connectivity index (χ3n) is 9.18. The smallest absolute Gasteiger partial charge is 0.328 e. The Kier molecular flexibility index (Phi) is 8.61. The van der Waals surface area contributed by atoms with E-state index < -0.39 is 47.9 Å². The quantitative estimate of drug-likeness (QED) is 0.332. The number of nitrogens with one attached hydrogen (secondary N) is 1. The standard InChI is InChI=1S/C30H41NO10/c1-5-36-26(35)23(16-19-7-9-20(32)10-8-19)31-24(33)12-13-25(34)37-27-18(3)22-11-6-17(2)21-14-15-29(4)39-28(38-27)30(21,22)41-40-29/h7-10,17-18,21-23,27-28,32H,5-6,11-16H2,1-4H3,(H,31,33)/t17-,18-,21+,22+,23+,27-,28-,29-,30+/m1/s1. The Labute approximate surface area is 240 Å². The molecular formula is C30H41NO10. The van der Waals surface area contributed by atoms with Crippen LogP contribution in [0.4, 0.5) is 0 Å². The van der Waals surface area contributed by atoms with Crippen LogP contribution in [0.15, 0.2) is 24.3 Å². The Morgan fingerprint density at radius 3 is 2.56 bits per heavy atom. The number of carbonyl (C=O) groups is 3. The van der Waals surface area contributed by atoms with Crippen LogP contribution in [0.2, 0.25) is 0 Å². The van der Waals surface area contributed by atoms with E-state index in [9.17, 15) is 19.5 Å². The lowest BCUT2D eigenvalue weighted by Crippen LogP contribution is -2.70. The summed E-state index contributed by atoms with van der Waals surface area (Å²) in [4.78, 5) is 50.0. The highest BCUT2D eigenvalue weighted by Crippen LogP contribution is 2.60. The van der Waals surface area contributed by atoms with Crippen molar-refractivity contribution >= 4 is 17.8 Å². The zero-order valence-electron chi connectivity index (χ0n) is 24.1. The number of esters is 2. The average molecular weight is 576 g/mol. The van der Waals surface area contributed by atoms with Gasteiger partial charge in [-0.15, -0.1) is 0 Å². The molecule has 41 heavy (non-hydrogen) atoms. The molecule has 0 unspecified atom stereocenters. The van der Waals surface area contributed by atoms with Crippen LogP contribution < -0.4 is 5.32 Å². The Bertz CT molecular complexity index is 1130. The lowest BCUT2D eigenvalue weighted by Gasteiger charge is -2.59. The molecule has 2 N–H and O–H groups in total. The van der Waals surface area contributed by atoms with Crippen LogP contribution in [-0.2, 0) is 49.5 Å². The first-order chi connectivity index (χ1) is 19.5. The van der Waals surface area contributed by atoms with Crippen LogP contribution in [0.25, 0.3) is 0 Å². The minimum absolute atomic E-state index is 0.0106. The summed E-state index contributed by atoms with van der Waals surface area (Å²) in [6.45, 7) is 7.90. The monoisotopic (exact) mass is 575 g/mol. The molecule has 1 saturated carbocycles. The number of hydrogen-bond acceptors (Lipinski definition) is 10. The van der Waals surface area contributed by atoms with Gasteiger partial charge in [-0.3, -0.25) is 9.59 Å². The molecule has 4 heterocycles. The molecule has 1 aromatic rings. The van der Waals surface area contributed by atoms with Crippen LogP contribution in [0.3, 0.4) is 0 Å². The molecule has 226 valence electrons. The molecule has 6 rings (SSSR count). The average Bonchev–Trinajstić information content (AvgIpc) is 3.17. The van der Waals surface area contributed by atoms with Gasteiger partial charge in [0.15, 0.2) is 11.9 Å². The fraction of sp³-hybridized carbons (Fsp3) is 0.700. The Morgan fingerprint density at radius 2 is 1.83 bits per heavy atom. The maximum atomic E-state index is 12.9. The molecule has 5 fully saturated rings. The summed E-state index contributed by atoms with van der Waals surface area (Å²) in [5.41, 5.74) is -0.0195. The van der Waals surface area contributed by atoms with Gasteiger partial charge < -0.3 is 29.4 Å². The zero-order chi connectivity index (χ0) is 29.4. The van der Waals surface area contributed by atoms with Gasteiger partial charge in [-0.1, -0.05) is 26.0 Å². The second-order valence-electron chi connectivity index (χ2n) is 12.0. The fourth-order valence-corrected chi connectivity index (χ4v) is 6.98. The van der Waals surface area contributed by atoms with E-state index in [0.29, 0.717) is 12.3 Å². The molecule has 5 aliphatic rings. The molecule has 11 heteroatoms. The first-order valence-corrected chi connectivity index (χ1v) is 14.7. The van der Waals surface area contributed by atoms with Gasteiger partial charge in [-0.05, 0) is 62.6 Å². The van der Waals surface area contributed by atoms with Gasteiger partial charge in [0.1, 0.15) is 11.8 Å². The summed E-state index contributed by atoms with van der Waals surface area (Å²) >= 11 is 0. The summed E-state index contributed by atoms with van der Waals surface area (Å²) in [5, 5.41) is 12.2. The topological polar surface area (TPSA) is 139 Å². The van der Waals surface area contributed by atoms with Crippen LogP contribution in [0.1, 0.15) is 71.8 Å². The maximum absolute atomic E-state index is 12.9. The zero-order valence-corrected chi connectivity index (χ0v) is 24.1. The van der Waals surface area contributed by atoms with Gasteiger partial charge >= 0.3 is 11.9 Å². The third-order valence-corrected chi connectivity index (χ3v) is 9.18. The fourth-order valence-electron chi connectivity index (χ4n) is 6.98. The SMILES string of the molecule is CCOC(=O)[C@H](Cc1ccc(O)cc1)NC(=O)CCC(=O)O[C@@H]1O[C@@H]2O[C@@]3(C)CC[C@H]4[C@H](C)CC[C@@H]([C@H]1C)[C@]24OO3. The van der Waals surface area contributed by atoms with Gasteiger partial charge in [0.05, 0.1) is 13.0 Å². The lowest BCUT2D eigenvalue weighted by atomic mass is 9.58. The van der Waals surface area contributed by atoms with Crippen molar-refractivity contribution in [3.63, 3.8) is 0 Å². The molecule has 11 nitrogen and oxygen atoms in total.